The van der Waals surface area contributed by atoms with E-state index in [1.807, 2.05) is 6.92 Å². The lowest BCUT2D eigenvalue weighted by molar-refractivity contribution is -0.123. The van der Waals surface area contributed by atoms with Crippen LogP contribution < -0.4 is 10.1 Å². The summed E-state index contributed by atoms with van der Waals surface area (Å²) in [6.07, 6.45) is 4.38. The van der Waals surface area contributed by atoms with Crippen molar-refractivity contribution in [2.45, 2.75) is 33.7 Å². The van der Waals surface area contributed by atoms with E-state index in [9.17, 15) is 4.79 Å². The van der Waals surface area contributed by atoms with Gasteiger partial charge in [0.25, 0.3) is 5.91 Å². The van der Waals surface area contributed by atoms with Crippen LogP contribution in [0.1, 0.15) is 27.2 Å². The molecule has 1 N–H and O–H groups in total. The van der Waals surface area contributed by atoms with Crippen molar-refractivity contribution in [1.29, 1.82) is 0 Å². The fourth-order valence-corrected chi connectivity index (χ4v) is 1.29. The quantitative estimate of drug-likeness (QED) is 0.783. The molecule has 0 bridgehead atoms. The second-order valence-corrected chi connectivity index (χ2v) is 4.35. The van der Waals surface area contributed by atoms with E-state index in [4.69, 9.17) is 4.74 Å². The zero-order valence-corrected chi connectivity index (χ0v) is 10.8. The van der Waals surface area contributed by atoms with E-state index < -0.39 is 0 Å². The average molecular weight is 239 g/mol. The van der Waals surface area contributed by atoms with Crippen molar-refractivity contribution in [3.05, 3.63) is 12.4 Å². The standard InChI is InChI=1S/C12H21N3O2/c1-4-15-8-11(7-14-15)17-9-12(16)13-6-5-10(2)3/h7-8,10H,4-6,9H2,1-3H3,(H,13,16). The van der Waals surface area contributed by atoms with E-state index in [1.54, 1.807) is 17.1 Å². The number of rotatable bonds is 7. The molecular weight excluding hydrogens is 218 g/mol. The molecule has 5 heteroatoms. The Morgan fingerprint density at radius 3 is 2.94 bits per heavy atom. The number of hydrogen-bond donors (Lipinski definition) is 1. The van der Waals surface area contributed by atoms with Gasteiger partial charge < -0.3 is 10.1 Å². The highest BCUT2D eigenvalue weighted by Gasteiger charge is 2.04. The molecule has 1 aromatic rings. The summed E-state index contributed by atoms with van der Waals surface area (Å²) in [6, 6.07) is 0. The molecule has 1 rings (SSSR count). The van der Waals surface area contributed by atoms with Gasteiger partial charge in [-0.15, -0.1) is 0 Å². The average Bonchev–Trinajstić information content (AvgIpc) is 2.73. The molecule has 0 aliphatic heterocycles. The summed E-state index contributed by atoms with van der Waals surface area (Å²) in [5.74, 6) is 1.14. The Balaban J connectivity index is 2.19. The first kappa shape index (κ1) is 13.5. The first-order valence-electron chi connectivity index (χ1n) is 6.03. The minimum absolute atomic E-state index is 0.0491. The number of aryl methyl sites for hydroxylation is 1. The summed E-state index contributed by atoms with van der Waals surface area (Å²) in [6.45, 7) is 7.80. The van der Waals surface area contributed by atoms with E-state index in [0.717, 1.165) is 13.0 Å². The molecule has 0 unspecified atom stereocenters. The van der Waals surface area contributed by atoms with Gasteiger partial charge in [-0.3, -0.25) is 9.48 Å². The summed E-state index contributed by atoms with van der Waals surface area (Å²) in [5, 5.41) is 6.87. The second kappa shape index (κ2) is 6.93. The Bertz CT molecular complexity index is 347. The Morgan fingerprint density at radius 2 is 2.35 bits per heavy atom. The number of aromatic nitrogens is 2. The van der Waals surface area contributed by atoms with Gasteiger partial charge in [0.05, 0.1) is 12.4 Å². The van der Waals surface area contributed by atoms with Crippen molar-refractivity contribution < 1.29 is 9.53 Å². The molecule has 0 saturated carbocycles. The molecule has 0 fully saturated rings. The van der Waals surface area contributed by atoms with Crippen LogP contribution in [0, 0.1) is 5.92 Å². The third-order valence-corrected chi connectivity index (χ3v) is 2.35. The summed E-state index contributed by atoms with van der Waals surface area (Å²) in [7, 11) is 0. The minimum atomic E-state index is -0.0881. The topological polar surface area (TPSA) is 56.1 Å². The molecule has 0 radical (unpaired) electrons. The van der Waals surface area contributed by atoms with Crippen LogP contribution >= 0.6 is 0 Å². The molecule has 1 heterocycles. The second-order valence-electron chi connectivity index (χ2n) is 4.35. The number of nitrogens with one attached hydrogen (secondary N) is 1. The van der Waals surface area contributed by atoms with Crippen molar-refractivity contribution in [2.24, 2.45) is 5.92 Å². The van der Waals surface area contributed by atoms with Gasteiger partial charge in [0.2, 0.25) is 0 Å². The molecule has 17 heavy (non-hydrogen) atoms. The fourth-order valence-electron chi connectivity index (χ4n) is 1.29. The molecular formula is C12H21N3O2. The lowest BCUT2D eigenvalue weighted by Crippen LogP contribution is -2.30. The molecule has 1 aromatic heterocycles. The summed E-state index contributed by atoms with van der Waals surface area (Å²) in [5.41, 5.74) is 0. The fraction of sp³-hybridized carbons (Fsp3) is 0.667. The normalized spacial score (nSPS) is 10.6. The van der Waals surface area contributed by atoms with Crippen LogP contribution in [0.3, 0.4) is 0 Å². The number of amides is 1. The van der Waals surface area contributed by atoms with Crippen molar-refractivity contribution in [3.8, 4) is 5.75 Å². The van der Waals surface area contributed by atoms with E-state index in [1.165, 1.54) is 0 Å². The van der Waals surface area contributed by atoms with Crippen LogP contribution in [0.2, 0.25) is 0 Å². The van der Waals surface area contributed by atoms with E-state index >= 15 is 0 Å². The Hall–Kier alpha value is -1.52. The number of ether oxygens (including phenoxy) is 1. The molecule has 0 saturated heterocycles. The number of nitrogens with zero attached hydrogens (tertiary/aromatic N) is 2. The Kier molecular flexibility index (Phi) is 5.52. The lowest BCUT2D eigenvalue weighted by atomic mass is 10.1. The van der Waals surface area contributed by atoms with Gasteiger partial charge in [0.1, 0.15) is 0 Å². The first-order valence-corrected chi connectivity index (χ1v) is 6.03. The monoisotopic (exact) mass is 239 g/mol. The van der Waals surface area contributed by atoms with Crippen LogP contribution in [0.25, 0.3) is 0 Å². The lowest BCUT2D eigenvalue weighted by Gasteiger charge is -2.07. The van der Waals surface area contributed by atoms with Crippen LogP contribution in [0.4, 0.5) is 0 Å². The molecule has 0 atom stereocenters. The Morgan fingerprint density at radius 1 is 1.59 bits per heavy atom. The van der Waals surface area contributed by atoms with Crippen LogP contribution in [-0.4, -0.2) is 28.8 Å². The predicted molar refractivity (Wildman–Crippen MR) is 65.9 cm³/mol. The maximum absolute atomic E-state index is 11.4. The molecule has 1 amide bonds. The third kappa shape index (κ3) is 5.38. The van der Waals surface area contributed by atoms with Crippen LogP contribution in [0.5, 0.6) is 5.75 Å². The van der Waals surface area contributed by atoms with E-state index in [2.05, 4.69) is 24.3 Å². The molecule has 5 nitrogen and oxygen atoms in total. The zero-order chi connectivity index (χ0) is 12.7. The number of carbonyl (C=O) groups excluding carboxylic acids is 1. The van der Waals surface area contributed by atoms with Crippen molar-refractivity contribution in [1.82, 2.24) is 15.1 Å². The smallest absolute Gasteiger partial charge is 0.257 e. The van der Waals surface area contributed by atoms with E-state index in [0.29, 0.717) is 18.2 Å². The molecule has 96 valence electrons. The van der Waals surface area contributed by atoms with Gasteiger partial charge >= 0.3 is 0 Å². The predicted octanol–water partition coefficient (Wildman–Crippen LogP) is 1.44. The number of hydrogen-bond acceptors (Lipinski definition) is 3. The largest absolute Gasteiger partial charge is 0.480 e. The maximum atomic E-state index is 11.4. The molecule has 0 aliphatic carbocycles. The van der Waals surface area contributed by atoms with Gasteiger partial charge in [0.15, 0.2) is 12.4 Å². The van der Waals surface area contributed by atoms with Crippen molar-refractivity contribution in [3.63, 3.8) is 0 Å². The summed E-state index contributed by atoms with van der Waals surface area (Å²) >= 11 is 0. The van der Waals surface area contributed by atoms with Gasteiger partial charge in [-0.2, -0.15) is 5.10 Å². The molecule has 0 aliphatic rings. The SMILES string of the molecule is CCn1cc(OCC(=O)NCCC(C)C)cn1. The number of carbonyl (C=O) groups is 1. The van der Waals surface area contributed by atoms with Gasteiger partial charge in [-0.25, -0.2) is 0 Å². The highest BCUT2D eigenvalue weighted by atomic mass is 16.5. The van der Waals surface area contributed by atoms with Crippen molar-refractivity contribution in [2.75, 3.05) is 13.2 Å². The maximum Gasteiger partial charge on any atom is 0.257 e. The summed E-state index contributed by atoms with van der Waals surface area (Å²) < 4.78 is 7.07. The Labute approximate surface area is 102 Å². The first-order chi connectivity index (χ1) is 8.11. The van der Waals surface area contributed by atoms with Gasteiger partial charge in [-0.05, 0) is 19.3 Å². The highest BCUT2D eigenvalue weighted by molar-refractivity contribution is 5.77. The van der Waals surface area contributed by atoms with Crippen LogP contribution in [-0.2, 0) is 11.3 Å². The molecule has 0 spiro atoms. The van der Waals surface area contributed by atoms with E-state index in [-0.39, 0.29) is 12.5 Å². The third-order valence-electron chi connectivity index (χ3n) is 2.35. The zero-order valence-electron chi connectivity index (χ0n) is 10.8. The summed E-state index contributed by atoms with van der Waals surface area (Å²) in [4.78, 5) is 11.4. The highest BCUT2D eigenvalue weighted by Crippen LogP contribution is 2.07. The molecule has 0 aromatic carbocycles. The van der Waals surface area contributed by atoms with Crippen LogP contribution in [0.15, 0.2) is 12.4 Å². The van der Waals surface area contributed by atoms with Gasteiger partial charge in [-0.1, -0.05) is 13.8 Å². The minimum Gasteiger partial charge on any atom is -0.480 e. The van der Waals surface area contributed by atoms with Crippen molar-refractivity contribution >= 4 is 5.91 Å². The van der Waals surface area contributed by atoms with Gasteiger partial charge in [0, 0.05) is 13.1 Å².